The van der Waals surface area contributed by atoms with E-state index in [1.807, 2.05) is 18.4 Å². The van der Waals surface area contributed by atoms with E-state index in [9.17, 15) is 0 Å². The molecule has 2 unspecified atom stereocenters. The van der Waals surface area contributed by atoms with Crippen molar-refractivity contribution in [2.75, 3.05) is 79.7 Å². The van der Waals surface area contributed by atoms with Crippen molar-refractivity contribution in [2.45, 2.75) is 25.9 Å². The van der Waals surface area contributed by atoms with E-state index in [0.29, 0.717) is 18.0 Å². The number of likely N-dealkylation sites (N-methyl/N-ethyl adjacent to an activating group) is 1. The minimum absolute atomic E-state index is 0.353. The third-order valence-electron chi connectivity index (χ3n) is 6.30. The third kappa shape index (κ3) is 6.65. The molecule has 0 bridgehead atoms. The highest BCUT2D eigenvalue weighted by Gasteiger charge is 2.26. The molecular weight excluding hydrogens is 396 g/mol. The van der Waals surface area contributed by atoms with Crippen LogP contribution < -0.4 is 10.6 Å². The summed E-state index contributed by atoms with van der Waals surface area (Å²) < 4.78 is 5.56. The molecule has 0 amide bonds. The Morgan fingerprint density at radius 1 is 1.07 bits per heavy atom. The van der Waals surface area contributed by atoms with Gasteiger partial charge < -0.3 is 20.3 Å². The van der Waals surface area contributed by atoms with E-state index in [4.69, 9.17) is 4.74 Å². The van der Waals surface area contributed by atoms with Crippen molar-refractivity contribution >= 4 is 17.3 Å². The smallest absolute Gasteiger partial charge is 0.191 e. The summed E-state index contributed by atoms with van der Waals surface area (Å²) >= 11 is 1.83. The maximum absolute atomic E-state index is 5.56. The van der Waals surface area contributed by atoms with Gasteiger partial charge in [0.1, 0.15) is 0 Å². The number of morpholine rings is 1. The fourth-order valence-corrected chi connectivity index (χ4v) is 5.20. The molecule has 0 aromatic carbocycles. The second kappa shape index (κ2) is 12.0. The van der Waals surface area contributed by atoms with Gasteiger partial charge in [0.05, 0.1) is 19.3 Å². The summed E-state index contributed by atoms with van der Waals surface area (Å²) in [6.07, 6.45) is 0. The molecule has 0 spiro atoms. The Kier molecular flexibility index (Phi) is 9.39. The first kappa shape index (κ1) is 23.5. The van der Waals surface area contributed by atoms with Crippen molar-refractivity contribution in [3.05, 3.63) is 22.4 Å². The SMILES string of the molecule is CN=C(NCC(c1cccs1)N1CCOCC1)NCC(C(C)C)N1CCN(C)CC1. The molecule has 2 fully saturated rings. The monoisotopic (exact) mass is 436 g/mol. The van der Waals surface area contributed by atoms with Gasteiger partial charge in [-0.15, -0.1) is 11.3 Å². The number of rotatable bonds is 8. The van der Waals surface area contributed by atoms with Crippen LogP contribution >= 0.6 is 11.3 Å². The minimum Gasteiger partial charge on any atom is -0.379 e. The summed E-state index contributed by atoms with van der Waals surface area (Å²) in [6, 6.07) is 5.25. The molecule has 1 aromatic rings. The van der Waals surface area contributed by atoms with Crippen molar-refractivity contribution in [1.29, 1.82) is 0 Å². The van der Waals surface area contributed by atoms with Crippen LogP contribution in [0.3, 0.4) is 0 Å². The Balaban J connectivity index is 1.54. The summed E-state index contributed by atoms with van der Waals surface area (Å²) in [5, 5.41) is 9.37. The van der Waals surface area contributed by atoms with Crippen LogP contribution in [0.15, 0.2) is 22.5 Å². The number of guanidine groups is 1. The van der Waals surface area contributed by atoms with Gasteiger partial charge in [-0.05, 0) is 24.4 Å². The zero-order chi connectivity index (χ0) is 21.3. The van der Waals surface area contributed by atoms with E-state index in [0.717, 1.165) is 71.5 Å². The molecule has 0 aliphatic carbocycles. The van der Waals surface area contributed by atoms with Crippen LogP contribution in [0.1, 0.15) is 24.8 Å². The molecule has 7 nitrogen and oxygen atoms in total. The number of nitrogens with one attached hydrogen (secondary N) is 2. The molecule has 8 heteroatoms. The fourth-order valence-electron chi connectivity index (χ4n) is 4.33. The normalized spacial score (nSPS) is 22.2. The number of thiophene rings is 1. The highest BCUT2D eigenvalue weighted by molar-refractivity contribution is 7.10. The van der Waals surface area contributed by atoms with E-state index >= 15 is 0 Å². The number of hydrogen-bond donors (Lipinski definition) is 2. The predicted molar refractivity (Wildman–Crippen MR) is 127 cm³/mol. The molecule has 1 aromatic heterocycles. The quantitative estimate of drug-likeness (QED) is 0.477. The van der Waals surface area contributed by atoms with E-state index < -0.39 is 0 Å². The van der Waals surface area contributed by atoms with Crippen LogP contribution in [0.5, 0.6) is 0 Å². The fraction of sp³-hybridized carbons (Fsp3) is 0.773. The van der Waals surface area contributed by atoms with E-state index in [2.05, 4.69) is 68.7 Å². The molecule has 30 heavy (non-hydrogen) atoms. The van der Waals surface area contributed by atoms with Crippen molar-refractivity contribution in [3.8, 4) is 0 Å². The molecule has 3 heterocycles. The van der Waals surface area contributed by atoms with E-state index in [1.54, 1.807) is 0 Å². The molecule has 2 aliphatic rings. The van der Waals surface area contributed by atoms with Crippen molar-refractivity contribution < 1.29 is 4.74 Å². The lowest BCUT2D eigenvalue weighted by atomic mass is 10.0. The molecule has 2 N–H and O–H groups in total. The first-order valence-corrected chi connectivity index (χ1v) is 12.2. The zero-order valence-electron chi connectivity index (χ0n) is 19.1. The number of ether oxygens (including phenoxy) is 1. The predicted octanol–water partition coefficient (Wildman–Crippen LogP) is 1.56. The number of piperazine rings is 1. The number of aliphatic imine (C=N–C) groups is 1. The minimum atomic E-state index is 0.353. The van der Waals surface area contributed by atoms with Crippen LogP contribution in [0.25, 0.3) is 0 Å². The molecule has 2 aliphatic heterocycles. The summed E-state index contributed by atoms with van der Waals surface area (Å²) in [7, 11) is 4.08. The highest BCUT2D eigenvalue weighted by Crippen LogP contribution is 2.25. The summed E-state index contributed by atoms with van der Waals surface area (Å²) in [4.78, 5) is 13.5. The van der Waals surface area contributed by atoms with Gasteiger partial charge in [0.2, 0.25) is 0 Å². The van der Waals surface area contributed by atoms with Gasteiger partial charge in [-0.1, -0.05) is 19.9 Å². The second-order valence-corrected chi connectivity index (χ2v) is 9.64. The van der Waals surface area contributed by atoms with Crippen LogP contribution in [0, 0.1) is 5.92 Å². The summed E-state index contributed by atoms with van der Waals surface area (Å²) in [5.41, 5.74) is 0. The maximum atomic E-state index is 5.56. The molecule has 170 valence electrons. The highest BCUT2D eigenvalue weighted by atomic mass is 32.1. The molecule has 0 radical (unpaired) electrons. The topological polar surface area (TPSA) is 55.4 Å². The molecule has 0 saturated carbocycles. The van der Waals surface area contributed by atoms with E-state index in [-0.39, 0.29) is 0 Å². The molecule has 3 rings (SSSR count). The second-order valence-electron chi connectivity index (χ2n) is 8.66. The molecular formula is C22H40N6OS. The van der Waals surface area contributed by atoms with E-state index in [1.165, 1.54) is 4.88 Å². The largest absolute Gasteiger partial charge is 0.379 e. The van der Waals surface area contributed by atoms with Crippen molar-refractivity contribution in [2.24, 2.45) is 10.9 Å². The number of hydrogen-bond acceptors (Lipinski definition) is 6. The van der Waals surface area contributed by atoms with Gasteiger partial charge in [-0.2, -0.15) is 0 Å². The van der Waals surface area contributed by atoms with Crippen molar-refractivity contribution in [1.82, 2.24) is 25.3 Å². The van der Waals surface area contributed by atoms with Gasteiger partial charge >= 0.3 is 0 Å². The first-order chi connectivity index (χ1) is 14.6. The zero-order valence-corrected chi connectivity index (χ0v) is 20.0. The summed E-state index contributed by atoms with van der Waals surface area (Å²) in [6.45, 7) is 14.6. The van der Waals surface area contributed by atoms with Gasteiger partial charge in [-0.3, -0.25) is 14.8 Å². The lowest BCUT2D eigenvalue weighted by Crippen LogP contribution is -2.55. The summed E-state index contributed by atoms with van der Waals surface area (Å²) in [5.74, 6) is 1.50. The molecule has 2 saturated heterocycles. The Bertz CT molecular complexity index is 624. The van der Waals surface area contributed by atoms with Crippen LogP contribution in [0.2, 0.25) is 0 Å². The average Bonchev–Trinajstić information content (AvgIpc) is 3.29. The average molecular weight is 437 g/mol. The van der Waals surface area contributed by atoms with Gasteiger partial charge in [0.25, 0.3) is 0 Å². The Hall–Kier alpha value is -1.19. The Morgan fingerprint density at radius 2 is 1.77 bits per heavy atom. The standard InChI is InChI=1S/C22H40N6OS/c1-18(2)19(27-9-7-26(4)8-10-27)16-24-22(23-3)25-17-20(21-6-5-15-30-21)28-11-13-29-14-12-28/h5-6,15,18-20H,7-14,16-17H2,1-4H3,(H2,23,24,25). The maximum Gasteiger partial charge on any atom is 0.191 e. The Morgan fingerprint density at radius 3 is 2.37 bits per heavy atom. The lowest BCUT2D eigenvalue weighted by Gasteiger charge is -2.40. The van der Waals surface area contributed by atoms with Crippen LogP contribution in [0.4, 0.5) is 0 Å². The number of nitrogens with zero attached hydrogens (tertiary/aromatic N) is 4. The van der Waals surface area contributed by atoms with Gasteiger partial charge in [0.15, 0.2) is 5.96 Å². The lowest BCUT2D eigenvalue weighted by molar-refractivity contribution is 0.0177. The Labute approximate surface area is 186 Å². The van der Waals surface area contributed by atoms with Crippen molar-refractivity contribution in [3.63, 3.8) is 0 Å². The van der Waals surface area contributed by atoms with Crippen LogP contribution in [-0.4, -0.2) is 106 Å². The first-order valence-electron chi connectivity index (χ1n) is 11.3. The molecule has 2 atom stereocenters. The van der Waals surface area contributed by atoms with Gasteiger partial charge in [-0.25, -0.2) is 0 Å². The van der Waals surface area contributed by atoms with Crippen LogP contribution in [-0.2, 0) is 4.74 Å². The third-order valence-corrected chi connectivity index (χ3v) is 7.27. The van der Waals surface area contributed by atoms with Gasteiger partial charge in [0, 0.05) is 70.3 Å².